The van der Waals surface area contributed by atoms with Crippen molar-refractivity contribution in [3.8, 4) is 0 Å². The first-order valence-corrected chi connectivity index (χ1v) is 5.87. The molecule has 1 aliphatic rings. The fourth-order valence-electron chi connectivity index (χ4n) is 1.97. The Bertz CT molecular complexity index is 332. The van der Waals surface area contributed by atoms with E-state index in [9.17, 15) is 0 Å². The summed E-state index contributed by atoms with van der Waals surface area (Å²) in [5.74, 6) is 1.86. The fraction of sp³-hybridized carbons (Fsp3) is 0.818. The standard InChI is InChI=1S/C11H19N3O2/c1-7(2)8(6-12)11-13-10(14-16-11)9-4-3-5-15-9/h7-9H,3-6,12H2,1-2H3. The normalized spacial score (nSPS) is 22.9. The Morgan fingerprint density at radius 3 is 2.88 bits per heavy atom. The Hall–Kier alpha value is -0.940. The summed E-state index contributed by atoms with van der Waals surface area (Å²) in [5.41, 5.74) is 5.71. The molecule has 0 saturated carbocycles. The summed E-state index contributed by atoms with van der Waals surface area (Å²) < 4.78 is 10.8. The lowest BCUT2D eigenvalue weighted by Crippen LogP contribution is -2.18. The predicted octanol–water partition coefficient (Wildman–Crippen LogP) is 1.62. The molecule has 0 aliphatic carbocycles. The van der Waals surface area contributed by atoms with Crippen LogP contribution in [0.5, 0.6) is 0 Å². The molecule has 5 nitrogen and oxygen atoms in total. The van der Waals surface area contributed by atoms with Crippen LogP contribution in [0, 0.1) is 5.92 Å². The number of rotatable bonds is 4. The molecular formula is C11H19N3O2. The van der Waals surface area contributed by atoms with Crippen LogP contribution >= 0.6 is 0 Å². The first kappa shape index (κ1) is 11.5. The van der Waals surface area contributed by atoms with Gasteiger partial charge in [0.1, 0.15) is 6.10 Å². The average Bonchev–Trinajstić information content (AvgIpc) is 2.86. The molecule has 1 fully saturated rings. The Labute approximate surface area is 95.3 Å². The third-order valence-corrected chi connectivity index (χ3v) is 3.05. The Kier molecular flexibility index (Phi) is 3.56. The molecule has 2 rings (SSSR count). The lowest BCUT2D eigenvalue weighted by molar-refractivity contribution is 0.103. The van der Waals surface area contributed by atoms with Gasteiger partial charge in [-0.1, -0.05) is 19.0 Å². The molecule has 0 radical (unpaired) electrons. The van der Waals surface area contributed by atoms with Crippen LogP contribution in [0.15, 0.2) is 4.52 Å². The van der Waals surface area contributed by atoms with Gasteiger partial charge in [-0.3, -0.25) is 0 Å². The van der Waals surface area contributed by atoms with Crippen LogP contribution in [-0.2, 0) is 4.74 Å². The van der Waals surface area contributed by atoms with Crippen LogP contribution in [-0.4, -0.2) is 23.3 Å². The molecule has 2 unspecified atom stereocenters. The number of ether oxygens (including phenoxy) is 1. The Balaban J connectivity index is 2.11. The number of aromatic nitrogens is 2. The van der Waals surface area contributed by atoms with E-state index in [1.807, 2.05) is 0 Å². The number of nitrogens with zero attached hydrogens (tertiary/aromatic N) is 2. The van der Waals surface area contributed by atoms with E-state index in [0.29, 0.717) is 24.2 Å². The van der Waals surface area contributed by atoms with Crippen LogP contribution in [0.4, 0.5) is 0 Å². The van der Waals surface area contributed by atoms with E-state index in [0.717, 1.165) is 19.4 Å². The van der Waals surface area contributed by atoms with Gasteiger partial charge in [0.25, 0.3) is 0 Å². The molecule has 1 aliphatic heterocycles. The minimum Gasteiger partial charge on any atom is -0.370 e. The summed E-state index contributed by atoms with van der Waals surface area (Å²) in [5, 5.41) is 3.98. The summed E-state index contributed by atoms with van der Waals surface area (Å²) in [4.78, 5) is 4.40. The quantitative estimate of drug-likeness (QED) is 0.842. The minimum atomic E-state index is 0.0167. The SMILES string of the molecule is CC(C)C(CN)c1nc(C2CCCO2)no1. The van der Waals surface area contributed by atoms with E-state index in [-0.39, 0.29) is 12.0 Å². The Morgan fingerprint density at radius 2 is 2.31 bits per heavy atom. The third kappa shape index (κ3) is 2.25. The minimum absolute atomic E-state index is 0.0167. The van der Waals surface area contributed by atoms with Crippen LogP contribution in [0.25, 0.3) is 0 Å². The fourth-order valence-corrected chi connectivity index (χ4v) is 1.97. The molecule has 1 aromatic rings. The topological polar surface area (TPSA) is 74.2 Å². The monoisotopic (exact) mass is 225 g/mol. The predicted molar refractivity (Wildman–Crippen MR) is 58.9 cm³/mol. The summed E-state index contributed by atoms with van der Waals surface area (Å²) in [7, 11) is 0. The van der Waals surface area contributed by atoms with E-state index in [4.69, 9.17) is 15.0 Å². The highest BCUT2D eigenvalue weighted by atomic mass is 16.5. The molecule has 16 heavy (non-hydrogen) atoms. The zero-order chi connectivity index (χ0) is 11.5. The van der Waals surface area contributed by atoms with Crippen LogP contribution in [0.3, 0.4) is 0 Å². The van der Waals surface area contributed by atoms with E-state index >= 15 is 0 Å². The van der Waals surface area contributed by atoms with Gasteiger partial charge in [0, 0.05) is 13.2 Å². The zero-order valence-corrected chi connectivity index (χ0v) is 9.85. The third-order valence-electron chi connectivity index (χ3n) is 3.05. The van der Waals surface area contributed by atoms with E-state index in [1.165, 1.54) is 0 Å². The van der Waals surface area contributed by atoms with Crippen LogP contribution < -0.4 is 5.73 Å². The van der Waals surface area contributed by atoms with Crippen molar-refractivity contribution in [1.82, 2.24) is 10.1 Å². The van der Waals surface area contributed by atoms with E-state index < -0.39 is 0 Å². The smallest absolute Gasteiger partial charge is 0.231 e. The van der Waals surface area contributed by atoms with Crippen molar-refractivity contribution >= 4 is 0 Å². The largest absolute Gasteiger partial charge is 0.370 e. The molecule has 0 amide bonds. The first-order chi connectivity index (χ1) is 7.72. The second-order valence-electron chi connectivity index (χ2n) is 4.58. The molecule has 1 aromatic heterocycles. The van der Waals surface area contributed by atoms with E-state index in [1.54, 1.807) is 0 Å². The Morgan fingerprint density at radius 1 is 1.50 bits per heavy atom. The molecule has 1 saturated heterocycles. The van der Waals surface area contributed by atoms with Gasteiger partial charge in [-0.2, -0.15) is 4.98 Å². The second-order valence-corrected chi connectivity index (χ2v) is 4.58. The van der Waals surface area contributed by atoms with Crippen molar-refractivity contribution in [2.45, 2.75) is 38.7 Å². The molecule has 2 heterocycles. The molecule has 90 valence electrons. The average molecular weight is 225 g/mol. The van der Waals surface area contributed by atoms with Crippen molar-refractivity contribution in [1.29, 1.82) is 0 Å². The highest BCUT2D eigenvalue weighted by Gasteiger charge is 2.26. The lowest BCUT2D eigenvalue weighted by atomic mass is 9.96. The molecule has 0 aromatic carbocycles. The summed E-state index contributed by atoms with van der Waals surface area (Å²) in [6, 6.07) is 0. The van der Waals surface area contributed by atoms with Crippen LogP contribution in [0.1, 0.15) is 50.4 Å². The van der Waals surface area contributed by atoms with E-state index in [2.05, 4.69) is 24.0 Å². The lowest BCUT2D eigenvalue weighted by Gasteiger charge is -2.13. The summed E-state index contributed by atoms with van der Waals surface area (Å²) in [6.45, 7) is 5.53. The number of hydrogen-bond donors (Lipinski definition) is 1. The summed E-state index contributed by atoms with van der Waals surface area (Å²) >= 11 is 0. The first-order valence-electron chi connectivity index (χ1n) is 5.87. The highest BCUT2D eigenvalue weighted by molar-refractivity contribution is 4.99. The second kappa shape index (κ2) is 4.93. The van der Waals surface area contributed by atoms with Gasteiger partial charge in [-0.25, -0.2) is 0 Å². The van der Waals surface area contributed by atoms with Gasteiger partial charge in [-0.05, 0) is 18.8 Å². The van der Waals surface area contributed by atoms with Gasteiger partial charge in [0.15, 0.2) is 0 Å². The van der Waals surface area contributed by atoms with Gasteiger partial charge in [0.05, 0.1) is 5.92 Å². The maximum absolute atomic E-state index is 5.71. The summed E-state index contributed by atoms with van der Waals surface area (Å²) in [6.07, 6.45) is 2.07. The zero-order valence-electron chi connectivity index (χ0n) is 9.85. The number of nitrogens with two attached hydrogens (primary N) is 1. The maximum atomic E-state index is 5.71. The molecule has 2 atom stereocenters. The van der Waals surface area contributed by atoms with Crippen molar-refractivity contribution in [2.24, 2.45) is 11.7 Å². The van der Waals surface area contributed by atoms with Crippen molar-refractivity contribution in [3.05, 3.63) is 11.7 Å². The van der Waals surface area contributed by atoms with Gasteiger partial charge in [0.2, 0.25) is 11.7 Å². The molecule has 0 spiro atoms. The van der Waals surface area contributed by atoms with Gasteiger partial charge >= 0.3 is 0 Å². The van der Waals surface area contributed by atoms with Crippen molar-refractivity contribution < 1.29 is 9.26 Å². The molecular weight excluding hydrogens is 206 g/mol. The maximum Gasteiger partial charge on any atom is 0.231 e. The van der Waals surface area contributed by atoms with Crippen LogP contribution in [0.2, 0.25) is 0 Å². The van der Waals surface area contributed by atoms with Crippen molar-refractivity contribution in [3.63, 3.8) is 0 Å². The van der Waals surface area contributed by atoms with Crippen molar-refractivity contribution in [2.75, 3.05) is 13.2 Å². The van der Waals surface area contributed by atoms with Gasteiger partial charge in [-0.15, -0.1) is 0 Å². The molecule has 0 bridgehead atoms. The molecule has 5 heteroatoms. The highest BCUT2D eigenvalue weighted by Crippen LogP contribution is 2.28. The molecule has 2 N–H and O–H groups in total. The van der Waals surface area contributed by atoms with Gasteiger partial charge < -0.3 is 15.0 Å². The number of hydrogen-bond acceptors (Lipinski definition) is 5.